The van der Waals surface area contributed by atoms with Gasteiger partial charge in [-0.25, -0.2) is 13.1 Å². The maximum absolute atomic E-state index is 11.5. The average molecular weight is 232 g/mol. The molecule has 0 atom stereocenters. The molecule has 0 aromatic carbocycles. The fourth-order valence-electron chi connectivity index (χ4n) is 1.03. The molecule has 86 valence electrons. The number of rotatable bonds is 5. The van der Waals surface area contributed by atoms with Gasteiger partial charge in [0.1, 0.15) is 17.2 Å². The Morgan fingerprint density at radius 2 is 2.20 bits per heavy atom. The van der Waals surface area contributed by atoms with Crippen LogP contribution in [0.1, 0.15) is 25.3 Å². The summed E-state index contributed by atoms with van der Waals surface area (Å²) >= 11 is 0. The first-order chi connectivity index (χ1) is 6.89. The molecule has 0 amide bonds. The first kappa shape index (κ1) is 12.2. The van der Waals surface area contributed by atoms with Crippen LogP contribution in [0.2, 0.25) is 0 Å². The highest BCUT2D eigenvalue weighted by Crippen LogP contribution is 2.05. The molecule has 15 heavy (non-hydrogen) atoms. The average Bonchev–Trinajstić information content (AvgIpc) is 2.47. The van der Waals surface area contributed by atoms with Crippen LogP contribution in [0.4, 0.5) is 0 Å². The van der Waals surface area contributed by atoms with E-state index in [4.69, 9.17) is 4.52 Å². The highest BCUT2D eigenvalue weighted by molar-refractivity contribution is 7.88. The Kier molecular flexibility index (Phi) is 3.87. The van der Waals surface area contributed by atoms with Crippen molar-refractivity contribution in [2.24, 2.45) is 5.92 Å². The lowest BCUT2D eigenvalue weighted by molar-refractivity contribution is 0.392. The molecule has 0 aliphatic rings. The molecule has 0 aliphatic heterocycles. The van der Waals surface area contributed by atoms with Gasteiger partial charge < -0.3 is 4.52 Å². The second kappa shape index (κ2) is 4.76. The summed E-state index contributed by atoms with van der Waals surface area (Å²) in [6, 6.07) is 1.62. The number of nitrogens with zero attached hydrogens (tertiary/aromatic N) is 1. The van der Waals surface area contributed by atoms with Crippen LogP contribution in [-0.2, 0) is 15.8 Å². The second-order valence-electron chi connectivity index (χ2n) is 3.93. The van der Waals surface area contributed by atoms with Gasteiger partial charge in [0.2, 0.25) is 10.0 Å². The van der Waals surface area contributed by atoms with Gasteiger partial charge in [-0.3, -0.25) is 0 Å². The maximum Gasteiger partial charge on any atom is 0.217 e. The third-order valence-corrected chi connectivity index (χ3v) is 3.01. The monoisotopic (exact) mass is 232 g/mol. The fraction of sp³-hybridized carbons (Fsp3) is 0.667. The molecule has 0 bridgehead atoms. The smallest absolute Gasteiger partial charge is 0.217 e. The van der Waals surface area contributed by atoms with Crippen molar-refractivity contribution in [2.45, 2.75) is 26.5 Å². The van der Waals surface area contributed by atoms with E-state index in [2.05, 4.69) is 9.88 Å². The summed E-state index contributed by atoms with van der Waals surface area (Å²) in [6.45, 7) is 6.06. The Hall–Kier alpha value is -0.880. The number of sulfonamides is 1. The molecule has 5 nitrogen and oxygen atoms in total. The summed E-state index contributed by atoms with van der Waals surface area (Å²) in [7, 11) is -3.29. The Morgan fingerprint density at radius 1 is 1.53 bits per heavy atom. The van der Waals surface area contributed by atoms with Gasteiger partial charge in [0.05, 0.1) is 0 Å². The van der Waals surface area contributed by atoms with Gasteiger partial charge in [-0.05, 0) is 12.8 Å². The van der Waals surface area contributed by atoms with E-state index in [-0.39, 0.29) is 5.75 Å². The molecule has 1 rings (SSSR count). The topological polar surface area (TPSA) is 72.2 Å². The summed E-state index contributed by atoms with van der Waals surface area (Å²) in [6.07, 6.45) is 0. The lowest BCUT2D eigenvalue weighted by atomic mass is 10.2. The molecule has 6 heteroatoms. The van der Waals surface area contributed by atoms with Crippen LogP contribution in [0.5, 0.6) is 0 Å². The molecular weight excluding hydrogens is 216 g/mol. The summed E-state index contributed by atoms with van der Waals surface area (Å²) in [4.78, 5) is 0. The third kappa shape index (κ3) is 4.44. The number of aryl methyl sites for hydroxylation is 1. The van der Waals surface area contributed by atoms with Crippen molar-refractivity contribution in [3.8, 4) is 0 Å². The van der Waals surface area contributed by atoms with Crippen molar-refractivity contribution >= 4 is 10.0 Å². The molecule has 0 saturated heterocycles. The van der Waals surface area contributed by atoms with Crippen LogP contribution in [0, 0.1) is 12.8 Å². The summed E-state index contributed by atoms with van der Waals surface area (Å²) < 4.78 is 30.3. The number of aromatic nitrogens is 1. The van der Waals surface area contributed by atoms with Crippen LogP contribution in [0.25, 0.3) is 0 Å². The van der Waals surface area contributed by atoms with Gasteiger partial charge in [0.15, 0.2) is 0 Å². The van der Waals surface area contributed by atoms with E-state index in [0.717, 1.165) is 0 Å². The number of hydrogen-bond donors (Lipinski definition) is 1. The molecule has 1 aromatic heterocycles. The normalized spacial score (nSPS) is 12.3. The van der Waals surface area contributed by atoms with Crippen LogP contribution < -0.4 is 4.72 Å². The Bertz CT molecular complexity index is 409. The van der Waals surface area contributed by atoms with Crippen molar-refractivity contribution in [3.05, 3.63) is 17.5 Å². The van der Waals surface area contributed by atoms with Crippen molar-refractivity contribution in [1.82, 2.24) is 9.88 Å². The van der Waals surface area contributed by atoms with E-state index in [1.54, 1.807) is 13.0 Å². The zero-order chi connectivity index (χ0) is 11.5. The Morgan fingerprint density at radius 3 is 2.67 bits per heavy atom. The molecule has 0 aliphatic carbocycles. The molecular formula is C9H16N2O3S. The number of nitrogens with one attached hydrogen (secondary N) is 1. The minimum Gasteiger partial charge on any atom is -0.361 e. The summed E-state index contributed by atoms with van der Waals surface area (Å²) in [5.41, 5.74) is 0.434. The molecule has 0 fully saturated rings. The van der Waals surface area contributed by atoms with Crippen LogP contribution in [0.3, 0.4) is 0 Å². The van der Waals surface area contributed by atoms with Gasteiger partial charge in [-0.1, -0.05) is 19.0 Å². The first-order valence-electron chi connectivity index (χ1n) is 4.78. The molecule has 1 aromatic rings. The fourth-order valence-corrected chi connectivity index (χ4v) is 2.24. The maximum atomic E-state index is 11.5. The Balaban J connectivity index is 2.57. The minimum absolute atomic E-state index is 0.128. The van der Waals surface area contributed by atoms with Gasteiger partial charge in [-0.15, -0.1) is 0 Å². The van der Waals surface area contributed by atoms with Crippen molar-refractivity contribution in [1.29, 1.82) is 0 Å². The molecule has 1 heterocycles. The zero-order valence-corrected chi connectivity index (χ0v) is 9.97. The predicted molar refractivity (Wildman–Crippen MR) is 56.7 cm³/mol. The number of hydrogen-bond acceptors (Lipinski definition) is 4. The van der Waals surface area contributed by atoms with E-state index in [0.29, 0.717) is 23.9 Å². The predicted octanol–water partition coefficient (Wildman–Crippen LogP) is 1.06. The second-order valence-corrected chi connectivity index (χ2v) is 5.74. The van der Waals surface area contributed by atoms with Crippen molar-refractivity contribution in [2.75, 3.05) is 6.54 Å². The first-order valence-corrected chi connectivity index (χ1v) is 6.44. The van der Waals surface area contributed by atoms with Crippen LogP contribution in [-0.4, -0.2) is 20.1 Å². The molecule has 0 radical (unpaired) electrons. The van der Waals surface area contributed by atoms with Gasteiger partial charge in [0.25, 0.3) is 0 Å². The van der Waals surface area contributed by atoms with Gasteiger partial charge in [0, 0.05) is 12.6 Å². The molecule has 1 N–H and O–H groups in total. The van der Waals surface area contributed by atoms with E-state index in [9.17, 15) is 8.42 Å². The van der Waals surface area contributed by atoms with E-state index >= 15 is 0 Å². The minimum atomic E-state index is -3.29. The lowest BCUT2D eigenvalue weighted by Gasteiger charge is -2.06. The Labute approximate surface area is 89.9 Å². The SMILES string of the molecule is Cc1cc(CS(=O)(=O)NCC(C)C)no1. The quantitative estimate of drug-likeness (QED) is 0.824. The highest BCUT2D eigenvalue weighted by atomic mass is 32.2. The molecule has 0 unspecified atom stereocenters. The highest BCUT2D eigenvalue weighted by Gasteiger charge is 2.14. The lowest BCUT2D eigenvalue weighted by Crippen LogP contribution is -2.28. The largest absolute Gasteiger partial charge is 0.361 e. The zero-order valence-electron chi connectivity index (χ0n) is 9.15. The van der Waals surface area contributed by atoms with Crippen LogP contribution in [0.15, 0.2) is 10.6 Å². The van der Waals surface area contributed by atoms with Crippen molar-refractivity contribution in [3.63, 3.8) is 0 Å². The summed E-state index contributed by atoms with van der Waals surface area (Å²) in [5.74, 6) is 0.778. The molecule has 0 spiro atoms. The van der Waals surface area contributed by atoms with Crippen LogP contribution >= 0.6 is 0 Å². The third-order valence-electron chi connectivity index (χ3n) is 1.73. The van der Waals surface area contributed by atoms with Gasteiger partial charge >= 0.3 is 0 Å². The van der Waals surface area contributed by atoms with E-state index in [1.165, 1.54) is 0 Å². The summed E-state index contributed by atoms with van der Waals surface area (Å²) in [5, 5.41) is 3.63. The molecule has 0 saturated carbocycles. The standard InChI is InChI=1S/C9H16N2O3S/c1-7(2)5-10-15(12,13)6-9-4-8(3)14-11-9/h4,7,10H,5-6H2,1-3H3. The van der Waals surface area contributed by atoms with Crippen molar-refractivity contribution < 1.29 is 12.9 Å². The van der Waals surface area contributed by atoms with E-state index < -0.39 is 10.0 Å². The van der Waals surface area contributed by atoms with Gasteiger partial charge in [-0.2, -0.15) is 0 Å². The van der Waals surface area contributed by atoms with E-state index in [1.807, 2.05) is 13.8 Å².